The molecule has 0 aromatic heterocycles. The van der Waals surface area contributed by atoms with Gasteiger partial charge in [0.15, 0.2) is 48.3 Å². The number of ketones is 4. The maximum absolute atomic E-state index is 12.1. The van der Waals surface area contributed by atoms with E-state index in [0.717, 1.165) is 0 Å². The first kappa shape index (κ1) is 63.1. The van der Waals surface area contributed by atoms with Crippen LogP contribution in [0.5, 0.6) is 0 Å². The van der Waals surface area contributed by atoms with Crippen molar-refractivity contribution >= 4 is 23.1 Å². The van der Waals surface area contributed by atoms with Gasteiger partial charge in [-0.05, 0) is 0 Å². The van der Waals surface area contributed by atoms with Gasteiger partial charge < -0.3 is 51.8 Å². The molecule has 0 unspecified atom stereocenters. The fraction of sp³-hybridized carbons (Fsp3) is 0.0714. The summed E-state index contributed by atoms with van der Waals surface area (Å²) in [5.41, 5.74) is 4.26. The van der Waals surface area contributed by atoms with Crippen LogP contribution in [0, 0.1) is 0 Å². The number of carbonyl (C=O) groups excluding carboxylic acids is 4. The van der Waals surface area contributed by atoms with Gasteiger partial charge in [0, 0.05) is 101 Å². The van der Waals surface area contributed by atoms with E-state index < -0.39 is 25.2 Å². The van der Waals surface area contributed by atoms with Crippen LogP contribution >= 0.6 is 0 Å². The van der Waals surface area contributed by atoms with Gasteiger partial charge in [-0.2, -0.15) is 0 Å². The Balaban J connectivity index is 0.000000471. The molecule has 0 aliphatic rings. The van der Waals surface area contributed by atoms with E-state index in [2.05, 4.69) is 0 Å². The molecule has 0 bridgehead atoms. The first-order valence-electron chi connectivity index (χ1n) is 21.0. The number of aliphatic hydroxyl groups is 8. The molecule has 382 valence electrons. The molecule has 8 aromatic rings. The minimum Gasteiger partial charge on any atom is -0.412 e. The molecule has 0 fully saturated rings. The molecular formula is C56H52Cu2O14. The van der Waals surface area contributed by atoms with Crippen LogP contribution in [0.2, 0.25) is 0 Å². The summed E-state index contributed by atoms with van der Waals surface area (Å²) < 4.78 is 0. The van der Waals surface area contributed by atoms with Crippen molar-refractivity contribution in [1.82, 2.24) is 0 Å². The van der Waals surface area contributed by atoms with E-state index in [1.54, 1.807) is 170 Å². The van der Waals surface area contributed by atoms with Crippen molar-refractivity contribution < 1.29 is 105 Å². The van der Waals surface area contributed by atoms with Gasteiger partial charge in [0.25, 0.3) is 0 Å². The SMILES string of the molecule is O.O.O=C(c1ccccc1)c1ccccc1C(O)O.O=C(c1ccccc1)c1ccccc1C(O)O.O=C(c1ccccc1)c1ccccc1C(O)O.O=C(c1ccccc1)c1ccccc1C(O)O.[Cu].[Cu]. The predicted molar refractivity (Wildman–Crippen MR) is 261 cm³/mol. The Morgan fingerprint density at radius 2 is 0.375 bits per heavy atom. The van der Waals surface area contributed by atoms with Crippen LogP contribution in [0.1, 0.15) is 111 Å². The maximum Gasteiger partial charge on any atom is 0.193 e. The Bertz CT molecular complexity index is 2490. The van der Waals surface area contributed by atoms with Crippen molar-refractivity contribution in [2.45, 2.75) is 25.2 Å². The standard InChI is InChI=1S/4C14H12O3.2Cu.2H2O/c4*15-13(10-6-2-1-3-7-10)11-8-4-5-9-12(11)14(16)17;;;;/h4*1-9,14,16-17H;;;2*1H2. The predicted octanol–water partition coefficient (Wildman–Crippen LogP) is 5.95. The summed E-state index contributed by atoms with van der Waals surface area (Å²) >= 11 is 0. The second kappa shape index (κ2) is 32.1. The molecule has 14 nitrogen and oxygen atoms in total. The molecule has 12 N–H and O–H groups in total. The number of benzene rings is 8. The van der Waals surface area contributed by atoms with Crippen molar-refractivity contribution in [3.05, 3.63) is 285 Å². The van der Waals surface area contributed by atoms with Gasteiger partial charge >= 0.3 is 0 Å². The summed E-state index contributed by atoms with van der Waals surface area (Å²) in [5, 5.41) is 73.6. The Kier molecular flexibility index (Phi) is 28.2. The molecule has 16 heteroatoms. The second-order valence-electron chi connectivity index (χ2n) is 14.6. The van der Waals surface area contributed by atoms with Crippen molar-refractivity contribution in [1.29, 1.82) is 0 Å². The van der Waals surface area contributed by atoms with E-state index in [0.29, 0.717) is 44.5 Å². The molecule has 0 amide bonds. The summed E-state index contributed by atoms with van der Waals surface area (Å²) in [6, 6.07) is 60.9. The van der Waals surface area contributed by atoms with Crippen LogP contribution in [-0.2, 0) is 34.1 Å². The van der Waals surface area contributed by atoms with E-state index >= 15 is 0 Å². The molecule has 72 heavy (non-hydrogen) atoms. The van der Waals surface area contributed by atoms with Crippen LogP contribution in [0.25, 0.3) is 0 Å². The number of carbonyl (C=O) groups is 4. The molecule has 0 saturated heterocycles. The van der Waals surface area contributed by atoms with Crippen LogP contribution in [-0.4, -0.2) is 74.9 Å². The molecule has 8 rings (SSSR count). The average molecular weight is 1080 g/mol. The zero-order valence-corrected chi connectivity index (χ0v) is 39.8. The van der Waals surface area contributed by atoms with Gasteiger partial charge in [0.05, 0.1) is 0 Å². The van der Waals surface area contributed by atoms with Gasteiger partial charge in [-0.15, -0.1) is 0 Å². The first-order chi connectivity index (χ1) is 32.8. The molecule has 0 spiro atoms. The third-order valence-corrected chi connectivity index (χ3v) is 10.1. The van der Waals surface area contributed by atoms with Gasteiger partial charge in [0.1, 0.15) is 0 Å². The topological polar surface area (TPSA) is 293 Å². The van der Waals surface area contributed by atoms with E-state index in [4.69, 9.17) is 0 Å². The van der Waals surface area contributed by atoms with Crippen molar-refractivity contribution in [2.75, 3.05) is 0 Å². The van der Waals surface area contributed by atoms with Crippen molar-refractivity contribution in [3.63, 3.8) is 0 Å². The van der Waals surface area contributed by atoms with Gasteiger partial charge in [0.2, 0.25) is 0 Å². The third-order valence-electron chi connectivity index (χ3n) is 10.1. The van der Waals surface area contributed by atoms with Crippen LogP contribution < -0.4 is 0 Å². The third kappa shape index (κ3) is 17.7. The Hall–Kier alpha value is -6.92. The monoisotopic (exact) mass is 1070 g/mol. The smallest absolute Gasteiger partial charge is 0.193 e. The molecule has 0 atom stereocenters. The summed E-state index contributed by atoms with van der Waals surface area (Å²) in [5.74, 6) is -0.854. The Morgan fingerprint density at radius 3 is 0.528 bits per heavy atom. The van der Waals surface area contributed by atoms with Gasteiger partial charge in [-0.1, -0.05) is 218 Å². The zero-order chi connectivity index (χ0) is 49.0. The maximum atomic E-state index is 12.1. The summed E-state index contributed by atoms with van der Waals surface area (Å²) in [4.78, 5) is 48.6. The summed E-state index contributed by atoms with van der Waals surface area (Å²) in [7, 11) is 0. The van der Waals surface area contributed by atoms with Crippen molar-refractivity contribution in [3.8, 4) is 0 Å². The van der Waals surface area contributed by atoms with E-state index in [1.165, 1.54) is 24.3 Å². The van der Waals surface area contributed by atoms with Crippen molar-refractivity contribution in [2.24, 2.45) is 0 Å². The fourth-order valence-electron chi connectivity index (χ4n) is 6.70. The number of aliphatic hydroxyl groups excluding tert-OH is 4. The fourth-order valence-corrected chi connectivity index (χ4v) is 6.70. The zero-order valence-electron chi connectivity index (χ0n) is 37.9. The molecule has 0 aliphatic carbocycles. The Morgan fingerprint density at radius 1 is 0.236 bits per heavy atom. The first-order valence-corrected chi connectivity index (χ1v) is 21.0. The number of hydrogen-bond donors (Lipinski definition) is 8. The number of hydrogen-bond acceptors (Lipinski definition) is 12. The van der Waals surface area contributed by atoms with Gasteiger partial charge in [-0.25, -0.2) is 0 Å². The molecular weight excluding hydrogens is 1020 g/mol. The molecule has 8 aromatic carbocycles. The second-order valence-corrected chi connectivity index (χ2v) is 14.6. The van der Waals surface area contributed by atoms with Crippen LogP contribution in [0.3, 0.4) is 0 Å². The molecule has 2 radical (unpaired) electrons. The van der Waals surface area contributed by atoms with Gasteiger partial charge in [-0.3, -0.25) is 19.2 Å². The van der Waals surface area contributed by atoms with E-state index in [9.17, 15) is 60.0 Å². The summed E-state index contributed by atoms with van der Waals surface area (Å²) in [6.07, 6.45) is -6.56. The largest absolute Gasteiger partial charge is 0.412 e. The van der Waals surface area contributed by atoms with Crippen LogP contribution in [0.15, 0.2) is 218 Å². The average Bonchev–Trinajstić information content (AvgIpc) is 3.39. The number of rotatable bonds is 12. The Labute approximate surface area is 436 Å². The van der Waals surface area contributed by atoms with E-state index in [1.807, 2.05) is 24.3 Å². The molecule has 0 heterocycles. The van der Waals surface area contributed by atoms with E-state index in [-0.39, 0.29) is 90.5 Å². The molecule has 0 saturated carbocycles. The molecule has 0 aliphatic heterocycles. The summed E-state index contributed by atoms with van der Waals surface area (Å²) in [6.45, 7) is 0. The minimum atomic E-state index is -1.64. The minimum absolute atomic E-state index is 0. The van der Waals surface area contributed by atoms with Crippen LogP contribution in [0.4, 0.5) is 0 Å². The quantitative estimate of drug-likeness (QED) is 0.0400. The normalized spacial score (nSPS) is 9.94.